The summed E-state index contributed by atoms with van der Waals surface area (Å²) in [7, 11) is -3.77. The molecular formula is C12H21NO3SW. The van der Waals surface area contributed by atoms with E-state index in [1.165, 1.54) is 0 Å². The van der Waals surface area contributed by atoms with Gasteiger partial charge < -0.3 is 4.31 Å². The van der Waals surface area contributed by atoms with Crippen molar-refractivity contribution in [1.29, 1.82) is 0 Å². The van der Waals surface area contributed by atoms with Gasteiger partial charge in [0.05, 0.1) is 0 Å². The van der Waals surface area contributed by atoms with E-state index >= 15 is 0 Å². The molecule has 104 valence electrons. The maximum Gasteiger partial charge on any atom is 2.00 e. The van der Waals surface area contributed by atoms with Crippen molar-refractivity contribution >= 4 is 15.9 Å². The molecule has 18 heavy (non-hydrogen) atoms. The van der Waals surface area contributed by atoms with Gasteiger partial charge in [-0.05, 0) is 10.8 Å². The van der Waals surface area contributed by atoms with Crippen LogP contribution in [0.5, 0.6) is 0 Å². The minimum absolute atomic E-state index is 0. The van der Waals surface area contributed by atoms with Crippen LogP contribution < -0.4 is 0 Å². The minimum Gasteiger partial charge on any atom is -0.387 e. The molecule has 0 heterocycles. The Morgan fingerprint density at radius 3 is 1.83 bits per heavy atom. The van der Waals surface area contributed by atoms with E-state index in [2.05, 4.69) is 6.58 Å². The fourth-order valence-electron chi connectivity index (χ4n) is 1.15. The Balaban J connectivity index is 0. The number of hydrogen-bond donors (Lipinski definition) is 0. The van der Waals surface area contributed by atoms with Crippen LogP contribution in [0.2, 0.25) is 0 Å². The van der Waals surface area contributed by atoms with Crippen LogP contribution >= 0.6 is 0 Å². The van der Waals surface area contributed by atoms with Gasteiger partial charge in [-0.3, -0.25) is 10.7 Å². The quantitative estimate of drug-likeness (QED) is 0.484. The summed E-state index contributed by atoms with van der Waals surface area (Å²) in [6.07, 6.45) is 1.01. The van der Waals surface area contributed by atoms with Gasteiger partial charge in [-0.2, -0.15) is 27.7 Å². The van der Waals surface area contributed by atoms with Gasteiger partial charge in [0.25, 0.3) is 0 Å². The van der Waals surface area contributed by atoms with Crippen LogP contribution in [0.1, 0.15) is 41.5 Å². The third-order valence-corrected chi connectivity index (χ3v) is 5.59. The summed E-state index contributed by atoms with van der Waals surface area (Å²) in [5.41, 5.74) is 0. The van der Waals surface area contributed by atoms with Crippen molar-refractivity contribution in [2.45, 2.75) is 46.3 Å². The van der Waals surface area contributed by atoms with E-state index in [4.69, 9.17) is 0 Å². The predicted molar refractivity (Wildman–Crippen MR) is 69.2 cm³/mol. The molecule has 6 heteroatoms. The van der Waals surface area contributed by atoms with Gasteiger partial charge in [-0.25, -0.2) is 14.5 Å². The molecule has 0 N–H and O–H groups in total. The van der Waals surface area contributed by atoms with Crippen LogP contribution in [0.25, 0.3) is 0 Å². The molecule has 0 aromatic rings. The Morgan fingerprint density at radius 1 is 1.22 bits per heavy atom. The first-order valence-corrected chi connectivity index (χ1v) is 6.76. The second-order valence-corrected chi connectivity index (χ2v) is 7.11. The van der Waals surface area contributed by atoms with Crippen molar-refractivity contribution in [3.63, 3.8) is 0 Å². The molecular weight excluding hydrogens is 422 g/mol. The second kappa shape index (κ2) is 6.85. The Bertz CT molecular complexity index is 400. The molecule has 0 aliphatic rings. The molecule has 0 saturated heterocycles. The molecule has 0 aliphatic heterocycles. The van der Waals surface area contributed by atoms with Crippen molar-refractivity contribution < 1.29 is 34.3 Å². The van der Waals surface area contributed by atoms with Crippen LogP contribution in [-0.4, -0.2) is 23.4 Å². The normalized spacial score (nSPS) is 12.2. The van der Waals surface area contributed by atoms with Gasteiger partial charge in [0.2, 0.25) is 5.91 Å². The van der Waals surface area contributed by atoms with Crippen molar-refractivity contribution in [2.75, 3.05) is 0 Å². The van der Waals surface area contributed by atoms with Gasteiger partial charge in [0.1, 0.15) is 0 Å². The average Bonchev–Trinajstić information content (AvgIpc) is 2.15. The number of carbonyl (C=O) groups excluding carboxylic acids is 1. The summed E-state index contributed by atoms with van der Waals surface area (Å²) in [5.74, 6) is 0.0972. The van der Waals surface area contributed by atoms with Crippen LogP contribution in [0.15, 0.2) is 12.7 Å². The first-order valence-electron chi connectivity index (χ1n) is 5.32. The van der Waals surface area contributed by atoms with Crippen molar-refractivity contribution in [1.82, 2.24) is 4.31 Å². The molecule has 0 unspecified atom stereocenters. The zero-order chi connectivity index (χ0) is 14.0. The second-order valence-electron chi connectivity index (χ2n) is 4.77. The fourth-order valence-corrected chi connectivity index (χ4v) is 2.91. The standard InChI is InChI=1S/C12H21NO3S.W/c1-8-11(14)13(10(4)5)17(15,16)12(6,7)9(2)3;/h8H,1H2,2-7H3;/q-2;+2. The molecule has 0 atom stereocenters. The maximum atomic E-state index is 12.5. The van der Waals surface area contributed by atoms with E-state index < -0.39 is 20.7 Å². The number of rotatable bonds is 5. The Kier molecular flexibility index (Phi) is 7.68. The fraction of sp³-hybridized carbons (Fsp3) is 0.583. The molecule has 0 fully saturated rings. The van der Waals surface area contributed by atoms with E-state index in [0.29, 0.717) is 6.04 Å². The topological polar surface area (TPSA) is 54.5 Å². The van der Waals surface area contributed by atoms with Gasteiger partial charge >= 0.3 is 21.1 Å². The van der Waals surface area contributed by atoms with Gasteiger partial charge in [-0.15, -0.1) is 0 Å². The molecule has 0 saturated carbocycles. The number of amides is 1. The SMILES string of the molecule is C=CC(=O)N([C-](C)C)S(=O)(=O)C(C)(C)[C-](C)C.[W+2]. The largest absolute Gasteiger partial charge is 2.00 e. The summed E-state index contributed by atoms with van der Waals surface area (Å²) < 4.78 is 24.6. The third-order valence-electron chi connectivity index (χ3n) is 2.87. The van der Waals surface area contributed by atoms with Crippen molar-refractivity contribution in [2.24, 2.45) is 0 Å². The third kappa shape index (κ3) is 3.67. The summed E-state index contributed by atoms with van der Waals surface area (Å²) in [5, 5.41) is 0. The molecule has 0 rings (SSSR count). The van der Waals surface area contributed by atoms with Gasteiger partial charge in [0, 0.05) is 0 Å². The average molecular weight is 443 g/mol. The molecule has 4 nitrogen and oxygen atoms in total. The molecule has 1 amide bonds. The molecule has 0 aliphatic carbocycles. The molecule has 0 spiro atoms. The summed E-state index contributed by atoms with van der Waals surface area (Å²) in [6.45, 7) is 13.1. The van der Waals surface area contributed by atoms with Gasteiger partial charge in [0.15, 0.2) is 10.0 Å². The monoisotopic (exact) mass is 443 g/mol. The predicted octanol–water partition coefficient (Wildman–Crippen LogP) is 2.29. The van der Waals surface area contributed by atoms with Crippen molar-refractivity contribution in [3.05, 3.63) is 24.6 Å². The molecule has 0 aromatic heterocycles. The summed E-state index contributed by atoms with van der Waals surface area (Å²) >= 11 is 0. The molecule has 0 aromatic carbocycles. The number of sulfonamides is 1. The van der Waals surface area contributed by atoms with E-state index in [0.717, 1.165) is 16.3 Å². The Hall–Kier alpha value is -0.152. The molecule has 0 bridgehead atoms. The maximum absolute atomic E-state index is 12.5. The van der Waals surface area contributed by atoms with E-state index in [9.17, 15) is 13.2 Å². The number of hydrogen-bond acceptors (Lipinski definition) is 3. The van der Waals surface area contributed by atoms with E-state index in [1.54, 1.807) is 41.5 Å². The first-order chi connectivity index (χ1) is 7.50. The van der Waals surface area contributed by atoms with Crippen molar-refractivity contribution in [3.8, 4) is 0 Å². The van der Waals surface area contributed by atoms with Crippen LogP contribution in [-0.2, 0) is 35.9 Å². The van der Waals surface area contributed by atoms with E-state index in [-0.39, 0.29) is 21.1 Å². The first kappa shape index (κ1) is 20.2. The van der Waals surface area contributed by atoms with Crippen LogP contribution in [0.4, 0.5) is 0 Å². The number of nitrogens with zero attached hydrogens (tertiary/aromatic N) is 1. The molecule has 0 radical (unpaired) electrons. The van der Waals surface area contributed by atoms with Crippen LogP contribution in [0, 0.1) is 12.0 Å². The van der Waals surface area contributed by atoms with Crippen LogP contribution in [0.3, 0.4) is 0 Å². The zero-order valence-electron chi connectivity index (χ0n) is 11.8. The minimum atomic E-state index is -3.77. The number of carbonyl (C=O) groups is 1. The smallest absolute Gasteiger partial charge is 0.387 e. The Morgan fingerprint density at radius 2 is 1.61 bits per heavy atom. The zero-order valence-corrected chi connectivity index (χ0v) is 15.5. The Labute approximate surface area is 125 Å². The summed E-state index contributed by atoms with van der Waals surface area (Å²) in [4.78, 5) is 11.7. The summed E-state index contributed by atoms with van der Waals surface area (Å²) in [6, 6.07) is 0.407. The van der Waals surface area contributed by atoms with Gasteiger partial charge in [-0.1, -0.05) is 20.4 Å². The van der Waals surface area contributed by atoms with E-state index in [1.807, 2.05) is 0 Å².